The van der Waals surface area contributed by atoms with Gasteiger partial charge in [-0.05, 0) is 7.05 Å². The van der Waals surface area contributed by atoms with Gasteiger partial charge in [0.25, 0.3) is 0 Å². The van der Waals surface area contributed by atoms with Crippen molar-refractivity contribution in [3.8, 4) is 0 Å². The van der Waals surface area contributed by atoms with E-state index in [-0.39, 0.29) is 24.8 Å². The second kappa shape index (κ2) is 8.49. The van der Waals surface area contributed by atoms with Crippen LogP contribution in [-0.2, 0) is 9.59 Å². The molecule has 0 aromatic rings. The molecule has 1 saturated heterocycles. The number of likely N-dealkylation sites (N-methyl/N-ethyl adjacent to an activating group) is 1. The number of imide groups is 1. The van der Waals surface area contributed by atoms with Gasteiger partial charge in [0.15, 0.2) is 0 Å². The summed E-state index contributed by atoms with van der Waals surface area (Å²) >= 11 is 0. The van der Waals surface area contributed by atoms with Crippen molar-refractivity contribution in [1.29, 1.82) is 0 Å². The molecule has 0 radical (unpaired) electrons. The molecule has 1 rings (SSSR count). The molecule has 0 aromatic heterocycles. The molecule has 1 aliphatic heterocycles. The molecule has 0 aromatic carbocycles. The quantitative estimate of drug-likeness (QED) is 0.554. The SMILES string of the molecule is CNC(=O)NC(=O)CCN(C)CC(=O)N1CCNCC1. The lowest BCUT2D eigenvalue weighted by Gasteiger charge is -2.29. The summed E-state index contributed by atoms with van der Waals surface area (Å²) in [5.74, 6) is -0.286. The van der Waals surface area contributed by atoms with Gasteiger partial charge in [0, 0.05) is 46.2 Å². The molecule has 1 aliphatic rings. The number of nitrogens with one attached hydrogen (secondary N) is 3. The van der Waals surface area contributed by atoms with Gasteiger partial charge in [-0.2, -0.15) is 0 Å². The van der Waals surface area contributed by atoms with Gasteiger partial charge < -0.3 is 15.5 Å². The van der Waals surface area contributed by atoms with E-state index in [1.54, 1.807) is 11.9 Å². The van der Waals surface area contributed by atoms with Crippen LogP contribution in [0.25, 0.3) is 0 Å². The Balaban J connectivity index is 2.22. The summed E-state index contributed by atoms with van der Waals surface area (Å²) in [6.07, 6.45) is 0.179. The third kappa shape index (κ3) is 5.98. The number of amides is 4. The smallest absolute Gasteiger partial charge is 0.321 e. The van der Waals surface area contributed by atoms with Gasteiger partial charge >= 0.3 is 6.03 Å². The highest BCUT2D eigenvalue weighted by atomic mass is 16.2. The Hall–Kier alpha value is -1.67. The van der Waals surface area contributed by atoms with Crippen molar-refractivity contribution < 1.29 is 14.4 Å². The third-order valence-corrected chi connectivity index (χ3v) is 3.08. The minimum atomic E-state index is -0.519. The summed E-state index contributed by atoms with van der Waals surface area (Å²) in [7, 11) is 3.23. The number of carbonyl (C=O) groups is 3. The number of rotatable bonds is 5. The molecule has 0 unspecified atom stereocenters. The van der Waals surface area contributed by atoms with Crippen LogP contribution in [0.5, 0.6) is 0 Å². The molecule has 0 spiro atoms. The largest absolute Gasteiger partial charge is 0.341 e. The monoisotopic (exact) mass is 285 g/mol. The first kappa shape index (κ1) is 16.4. The third-order valence-electron chi connectivity index (χ3n) is 3.08. The van der Waals surface area contributed by atoms with Crippen LogP contribution >= 0.6 is 0 Å². The molecule has 3 N–H and O–H groups in total. The molecular weight excluding hydrogens is 262 g/mol. The molecule has 114 valence electrons. The molecule has 0 bridgehead atoms. The average molecular weight is 285 g/mol. The first-order valence-electron chi connectivity index (χ1n) is 6.71. The maximum atomic E-state index is 12.0. The van der Waals surface area contributed by atoms with Crippen LogP contribution in [0.3, 0.4) is 0 Å². The van der Waals surface area contributed by atoms with Gasteiger partial charge in [0.1, 0.15) is 0 Å². The summed E-state index contributed by atoms with van der Waals surface area (Å²) in [6.45, 7) is 3.82. The minimum Gasteiger partial charge on any atom is -0.341 e. The summed E-state index contributed by atoms with van der Waals surface area (Å²) in [5.41, 5.74) is 0. The van der Waals surface area contributed by atoms with E-state index in [2.05, 4.69) is 16.0 Å². The van der Waals surface area contributed by atoms with Gasteiger partial charge in [-0.1, -0.05) is 0 Å². The van der Waals surface area contributed by atoms with Crippen LogP contribution in [0.1, 0.15) is 6.42 Å². The van der Waals surface area contributed by atoms with Crippen molar-refractivity contribution in [3.05, 3.63) is 0 Å². The Kier molecular flexibility index (Phi) is 6.96. The van der Waals surface area contributed by atoms with E-state index in [4.69, 9.17) is 0 Å². The molecule has 20 heavy (non-hydrogen) atoms. The van der Waals surface area contributed by atoms with Gasteiger partial charge in [-0.15, -0.1) is 0 Å². The van der Waals surface area contributed by atoms with Crippen LogP contribution < -0.4 is 16.0 Å². The van der Waals surface area contributed by atoms with Gasteiger partial charge in [0.2, 0.25) is 11.8 Å². The molecule has 1 heterocycles. The fraction of sp³-hybridized carbons (Fsp3) is 0.750. The zero-order chi connectivity index (χ0) is 15.0. The van der Waals surface area contributed by atoms with Crippen LogP contribution in [0.15, 0.2) is 0 Å². The summed E-state index contributed by atoms with van der Waals surface area (Å²) in [5, 5.41) is 7.68. The van der Waals surface area contributed by atoms with E-state index in [0.29, 0.717) is 6.54 Å². The number of hydrogen-bond acceptors (Lipinski definition) is 5. The van der Waals surface area contributed by atoms with E-state index in [0.717, 1.165) is 26.2 Å². The summed E-state index contributed by atoms with van der Waals surface area (Å²) in [6, 6.07) is -0.519. The minimum absolute atomic E-state index is 0.0701. The predicted molar refractivity (Wildman–Crippen MR) is 74.2 cm³/mol. The summed E-state index contributed by atoms with van der Waals surface area (Å²) < 4.78 is 0. The number of carbonyl (C=O) groups excluding carboxylic acids is 3. The van der Waals surface area contributed by atoms with E-state index in [1.165, 1.54) is 7.05 Å². The Morgan fingerprint density at radius 2 is 1.90 bits per heavy atom. The van der Waals surface area contributed by atoms with Crippen LogP contribution in [-0.4, -0.2) is 81.0 Å². The number of hydrogen-bond donors (Lipinski definition) is 3. The Bertz CT molecular complexity index is 355. The summed E-state index contributed by atoms with van der Waals surface area (Å²) in [4.78, 5) is 37.9. The van der Waals surface area contributed by atoms with Crippen LogP contribution in [0.4, 0.5) is 4.79 Å². The standard InChI is InChI=1S/C12H23N5O3/c1-13-12(20)15-10(18)3-6-16(2)9-11(19)17-7-4-14-5-8-17/h14H,3-9H2,1-2H3,(H2,13,15,18,20). The van der Waals surface area contributed by atoms with Gasteiger partial charge in [-0.3, -0.25) is 19.8 Å². The first-order chi connectivity index (χ1) is 9.52. The molecule has 0 saturated carbocycles. The zero-order valence-electron chi connectivity index (χ0n) is 12.1. The number of piperazine rings is 1. The number of nitrogens with zero attached hydrogens (tertiary/aromatic N) is 2. The topological polar surface area (TPSA) is 93.8 Å². The number of urea groups is 1. The molecule has 1 fully saturated rings. The highest BCUT2D eigenvalue weighted by Crippen LogP contribution is 1.96. The lowest BCUT2D eigenvalue weighted by atomic mass is 10.3. The fourth-order valence-corrected chi connectivity index (χ4v) is 1.87. The van der Waals surface area contributed by atoms with E-state index < -0.39 is 6.03 Å². The Morgan fingerprint density at radius 1 is 1.25 bits per heavy atom. The van der Waals surface area contributed by atoms with Gasteiger partial charge in [0.05, 0.1) is 6.54 Å². The molecule has 4 amide bonds. The Morgan fingerprint density at radius 3 is 2.50 bits per heavy atom. The molecular formula is C12H23N5O3. The second-order valence-electron chi connectivity index (χ2n) is 4.75. The highest BCUT2D eigenvalue weighted by molar-refractivity contribution is 5.94. The van der Waals surface area contributed by atoms with Crippen LogP contribution in [0.2, 0.25) is 0 Å². The normalized spacial score (nSPS) is 15.1. The lowest BCUT2D eigenvalue weighted by Crippen LogP contribution is -2.49. The van der Waals surface area contributed by atoms with Crippen LogP contribution in [0, 0.1) is 0 Å². The fourth-order valence-electron chi connectivity index (χ4n) is 1.87. The molecule has 0 aliphatic carbocycles. The van der Waals surface area contributed by atoms with E-state index in [1.807, 2.05) is 4.90 Å². The average Bonchev–Trinajstić information content (AvgIpc) is 2.45. The van der Waals surface area contributed by atoms with Crippen molar-refractivity contribution in [2.24, 2.45) is 0 Å². The second-order valence-corrected chi connectivity index (χ2v) is 4.75. The van der Waals surface area contributed by atoms with Gasteiger partial charge in [-0.25, -0.2) is 4.79 Å². The first-order valence-corrected chi connectivity index (χ1v) is 6.71. The van der Waals surface area contributed by atoms with Crippen molar-refractivity contribution in [2.75, 3.05) is 53.4 Å². The molecule has 8 nitrogen and oxygen atoms in total. The van der Waals surface area contributed by atoms with Crippen molar-refractivity contribution in [3.63, 3.8) is 0 Å². The maximum Gasteiger partial charge on any atom is 0.321 e. The van der Waals surface area contributed by atoms with Crippen molar-refractivity contribution >= 4 is 17.8 Å². The lowest BCUT2D eigenvalue weighted by molar-refractivity contribution is -0.133. The highest BCUT2D eigenvalue weighted by Gasteiger charge is 2.17. The zero-order valence-corrected chi connectivity index (χ0v) is 12.1. The van der Waals surface area contributed by atoms with Crippen molar-refractivity contribution in [2.45, 2.75) is 6.42 Å². The predicted octanol–water partition coefficient (Wildman–Crippen LogP) is -1.80. The molecule has 8 heteroatoms. The van der Waals surface area contributed by atoms with E-state index in [9.17, 15) is 14.4 Å². The maximum absolute atomic E-state index is 12.0. The van der Waals surface area contributed by atoms with E-state index >= 15 is 0 Å². The Labute approximate surface area is 118 Å². The molecule has 0 atom stereocenters. The van der Waals surface area contributed by atoms with Crippen molar-refractivity contribution in [1.82, 2.24) is 25.8 Å².